The lowest BCUT2D eigenvalue weighted by molar-refractivity contribution is -0.143. The van der Waals surface area contributed by atoms with E-state index in [-0.39, 0.29) is 30.3 Å². The van der Waals surface area contributed by atoms with E-state index in [1.165, 1.54) is 24.3 Å². The summed E-state index contributed by atoms with van der Waals surface area (Å²) in [6.07, 6.45) is -0.286. The van der Waals surface area contributed by atoms with Gasteiger partial charge in [-0.2, -0.15) is 12.6 Å². The van der Waals surface area contributed by atoms with Crippen LogP contribution < -0.4 is 21.7 Å². The van der Waals surface area contributed by atoms with Crippen LogP contribution in [0.5, 0.6) is 5.75 Å². The Morgan fingerprint density at radius 1 is 0.917 bits per heavy atom. The first-order chi connectivity index (χ1) is 16.9. The fourth-order valence-corrected chi connectivity index (χ4v) is 3.38. The van der Waals surface area contributed by atoms with Crippen molar-refractivity contribution in [3.63, 3.8) is 0 Å². The van der Waals surface area contributed by atoms with Crippen molar-refractivity contribution < 1.29 is 39.3 Å². The quantitative estimate of drug-likeness (QED) is 0.140. The van der Waals surface area contributed by atoms with Gasteiger partial charge in [0.15, 0.2) is 0 Å². The molecular weight excluding hydrogens is 492 g/mol. The highest BCUT2D eigenvalue weighted by Gasteiger charge is 2.31. The van der Waals surface area contributed by atoms with Crippen LogP contribution in [-0.2, 0) is 30.4 Å². The normalized spacial score (nSPS) is 15.0. The molecule has 0 fully saturated rings. The van der Waals surface area contributed by atoms with Crippen LogP contribution in [0.2, 0.25) is 0 Å². The number of nitrogens with one attached hydrogen (secondary N) is 3. The van der Waals surface area contributed by atoms with Crippen LogP contribution >= 0.6 is 12.6 Å². The predicted octanol–water partition coefficient (Wildman–Crippen LogP) is -0.358. The summed E-state index contributed by atoms with van der Waals surface area (Å²) in [5, 5.41) is 35.0. The highest BCUT2D eigenvalue weighted by atomic mass is 32.1. The standard InChI is InChI=1S/C23H34N4O8S/c1-3-12(2)19(24)22(33)27-17(11-36)21(32)26-16(10-13-4-6-14(28)7-5-13)20(31)25-15(23(34)35)8-9-18(29)30/h4-7,12,15-17,19,28,36H,3,8-11,24H2,1-2H3,(H,25,31)(H,26,32)(H,27,33)(H,29,30)(H,34,35). The molecule has 0 saturated carbocycles. The predicted molar refractivity (Wildman–Crippen MR) is 133 cm³/mol. The van der Waals surface area contributed by atoms with Gasteiger partial charge in [0.2, 0.25) is 17.7 Å². The molecule has 36 heavy (non-hydrogen) atoms. The summed E-state index contributed by atoms with van der Waals surface area (Å²) in [5.74, 6) is -5.08. The van der Waals surface area contributed by atoms with Crippen LogP contribution in [0.4, 0.5) is 0 Å². The highest BCUT2D eigenvalue weighted by Crippen LogP contribution is 2.12. The Morgan fingerprint density at radius 2 is 1.44 bits per heavy atom. The summed E-state index contributed by atoms with van der Waals surface area (Å²) in [5.41, 5.74) is 6.46. The van der Waals surface area contributed by atoms with Gasteiger partial charge >= 0.3 is 11.9 Å². The summed E-state index contributed by atoms with van der Waals surface area (Å²) < 4.78 is 0. The van der Waals surface area contributed by atoms with E-state index in [2.05, 4.69) is 28.6 Å². The number of benzene rings is 1. The third-order valence-corrected chi connectivity index (χ3v) is 6.01. The molecule has 8 N–H and O–H groups in total. The van der Waals surface area contributed by atoms with Gasteiger partial charge < -0.3 is 37.0 Å². The van der Waals surface area contributed by atoms with Gasteiger partial charge in [-0.1, -0.05) is 32.4 Å². The number of carbonyl (C=O) groups excluding carboxylic acids is 3. The maximum Gasteiger partial charge on any atom is 0.326 e. The molecule has 12 nitrogen and oxygen atoms in total. The molecule has 0 spiro atoms. The Kier molecular flexibility index (Phi) is 12.7. The molecule has 0 aliphatic carbocycles. The van der Waals surface area contributed by atoms with Gasteiger partial charge in [-0.25, -0.2) is 4.79 Å². The molecule has 3 amide bonds. The van der Waals surface area contributed by atoms with E-state index in [0.717, 1.165) is 0 Å². The lowest BCUT2D eigenvalue weighted by atomic mass is 9.99. The van der Waals surface area contributed by atoms with Crippen molar-refractivity contribution in [1.29, 1.82) is 0 Å². The fourth-order valence-electron chi connectivity index (χ4n) is 3.12. The monoisotopic (exact) mass is 526 g/mol. The van der Waals surface area contributed by atoms with Gasteiger partial charge in [-0.3, -0.25) is 19.2 Å². The second kappa shape index (κ2) is 14.9. The summed E-state index contributed by atoms with van der Waals surface area (Å²) in [7, 11) is 0. The van der Waals surface area contributed by atoms with Gasteiger partial charge in [-0.15, -0.1) is 0 Å². The number of rotatable bonds is 15. The highest BCUT2D eigenvalue weighted by molar-refractivity contribution is 7.80. The fraction of sp³-hybridized carbons (Fsp3) is 0.522. The number of carbonyl (C=O) groups is 5. The molecule has 200 valence electrons. The average Bonchev–Trinajstić information content (AvgIpc) is 2.84. The molecule has 1 rings (SSSR count). The second-order valence-corrected chi connectivity index (χ2v) is 8.78. The minimum atomic E-state index is -1.50. The zero-order valence-corrected chi connectivity index (χ0v) is 21.0. The summed E-state index contributed by atoms with van der Waals surface area (Å²) in [6, 6.07) is 1.03. The molecule has 1 aromatic carbocycles. The number of aromatic hydroxyl groups is 1. The van der Waals surface area contributed by atoms with Gasteiger partial charge in [0.25, 0.3) is 0 Å². The number of aliphatic carboxylic acids is 2. The third kappa shape index (κ3) is 10.1. The Hall–Kier alpha value is -3.32. The maximum atomic E-state index is 13.0. The Morgan fingerprint density at radius 3 is 1.94 bits per heavy atom. The number of amides is 3. The SMILES string of the molecule is CCC(C)C(N)C(=O)NC(CS)C(=O)NC(Cc1ccc(O)cc1)C(=O)NC(CCC(=O)O)C(=O)O. The van der Waals surface area contributed by atoms with Crippen LogP contribution in [0, 0.1) is 5.92 Å². The largest absolute Gasteiger partial charge is 0.508 e. The number of carboxylic acid groups (broad SMARTS) is 2. The summed E-state index contributed by atoms with van der Waals surface area (Å²) in [4.78, 5) is 60.7. The van der Waals surface area contributed by atoms with Crippen LogP contribution in [0.1, 0.15) is 38.7 Å². The molecule has 13 heteroatoms. The maximum absolute atomic E-state index is 13.0. The molecule has 0 aliphatic rings. The minimum Gasteiger partial charge on any atom is -0.508 e. The average molecular weight is 527 g/mol. The summed E-state index contributed by atoms with van der Waals surface area (Å²) >= 11 is 4.11. The molecule has 5 atom stereocenters. The third-order valence-electron chi connectivity index (χ3n) is 5.65. The number of hydrogen-bond acceptors (Lipinski definition) is 8. The molecule has 0 aliphatic heterocycles. The van der Waals surface area contributed by atoms with E-state index in [9.17, 15) is 34.2 Å². The molecule has 0 bridgehead atoms. The van der Waals surface area contributed by atoms with E-state index in [1.54, 1.807) is 6.92 Å². The van der Waals surface area contributed by atoms with Crippen molar-refractivity contribution in [2.45, 2.75) is 63.7 Å². The number of phenolic OH excluding ortho intramolecular Hbond substituents is 1. The number of phenols is 1. The first kappa shape index (κ1) is 30.7. The second-order valence-electron chi connectivity index (χ2n) is 8.42. The molecule has 0 saturated heterocycles. The molecule has 5 unspecified atom stereocenters. The van der Waals surface area contributed by atoms with Crippen molar-refractivity contribution in [3.8, 4) is 5.75 Å². The van der Waals surface area contributed by atoms with Gasteiger partial charge in [0.05, 0.1) is 6.04 Å². The van der Waals surface area contributed by atoms with E-state index < -0.39 is 60.2 Å². The molecule has 0 radical (unpaired) electrons. The van der Waals surface area contributed by atoms with Crippen LogP contribution in [0.15, 0.2) is 24.3 Å². The Labute approximate surface area is 214 Å². The molecule has 1 aromatic rings. The molecule has 0 aromatic heterocycles. The van der Waals surface area contributed by atoms with Crippen LogP contribution in [0.25, 0.3) is 0 Å². The number of carboxylic acids is 2. The first-order valence-electron chi connectivity index (χ1n) is 11.4. The molecule has 0 heterocycles. The van der Waals surface area contributed by atoms with Crippen molar-refractivity contribution in [2.24, 2.45) is 11.7 Å². The number of thiol groups is 1. The van der Waals surface area contributed by atoms with E-state index >= 15 is 0 Å². The van der Waals surface area contributed by atoms with E-state index in [1.807, 2.05) is 6.92 Å². The van der Waals surface area contributed by atoms with E-state index in [4.69, 9.17) is 10.8 Å². The van der Waals surface area contributed by atoms with Gasteiger partial charge in [-0.05, 0) is 30.0 Å². The van der Waals surface area contributed by atoms with Crippen molar-refractivity contribution in [1.82, 2.24) is 16.0 Å². The number of nitrogens with two attached hydrogens (primary N) is 1. The van der Waals surface area contributed by atoms with E-state index in [0.29, 0.717) is 12.0 Å². The lowest BCUT2D eigenvalue weighted by Crippen LogP contribution is -2.58. The Balaban J connectivity index is 3.07. The van der Waals surface area contributed by atoms with Crippen LogP contribution in [0.3, 0.4) is 0 Å². The van der Waals surface area contributed by atoms with Gasteiger partial charge in [0.1, 0.15) is 23.9 Å². The zero-order valence-electron chi connectivity index (χ0n) is 20.1. The van der Waals surface area contributed by atoms with Gasteiger partial charge in [0, 0.05) is 18.6 Å². The Bertz CT molecular complexity index is 927. The molecular formula is C23H34N4O8S. The lowest BCUT2D eigenvalue weighted by Gasteiger charge is -2.25. The first-order valence-corrected chi connectivity index (χ1v) is 12.0. The summed E-state index contributed by atoms with van der Waals surface area (Å²) in [6.45, 7) is 3.66. The van der Waals surface area contributed by atoms with Crippen LogP contribution in [-0.4, -0.2) is 74.9 Å². The minimum absolute atomic E-state index is 0.0149. The zero-order chi connectivity index (χ0) is 27.4. The smallest absolute Gasteiger partial charge is 0.326 e. The topological polar surface area (TPSA) is 208 Å². The van der Waals surface area contributed by atoms with Crippen molar-refractivity contribution >= 4 is 42.3 Å². The number of hydrogen-bond donors (Lipinski definition) is 8. The van der Waals surface area contributed by atoms with Crippen molar-refractivity contribution in [3.05, 3.63) is 29.8 Å². The van der Waals surface area contributed by atoms with Crippen molar-refractivity contribution in [2.75, 3.05) is 5.75 Å².